The minimum Gasteiger partial charge on any atom is -0.378 e. The highest BCUT2D eigenvalue weighted by molar-refractivity contribution is 6.31. The molecule has 27 heavy (non-hydrogen) atoms. The van der Waals surface area contributed by atoms with Crippen molar-refractivity contribution in [1.82, 2.24) is 9.97 Å². The van der Waals surface area contributed by atoms with Crippen molar-refractivity contribution in [3.05, 3.63) is 46.2 Å². The maximum Gasteiger partial charge on any atom is 0.227 e. The molecular formula is C20H23ClN4O2. The van der Waals surface area contributed by atoms with Crippen molar-refractivity contribution in [3.8, 4) is 0 Å². The third-order valence-corrected chi connectivity index (χ3v) is 5.65. The first-order valence-corrected chi connectivity index (χ1v) is 9.72. The summed E-state index contributed by atoms with van der Waals surface area (Å²) in [5, 5.41) is 3.65. The quantitative estimate of drug-likeness (QED) is 0.878. The van der Waals surface area contributed by atoms with Crippen LogP contribution in [-0.4, -0.2) is 42.2 Å². The molecule has 1 atom stereocenters. The van der Waals surface area contributed by atoms with E-state index in [9.17, 15) is 4.79 Å². The molecule has 0 spiro atoms. The summed E-state index contributed by atoms with van der Waals surface area (Å²) in [5.74, 6) is 0.725. The van der Waals surface area contributed by atoms with Gasteiger partial charge in [0.1, 0.15) is 0 Å². The molecule has 1 aliphatic heterocycles. The molecule has 1 saturated heterocycles. The molecule has 0 bridgehead atoms. The number of halogens is 1. The Labute approximate surface area is 163 Å². The maximum absolute atomic E-state index is 12.7. The number of rotatable bonds is 3. The predicted octanol–water partition coefficient (Wildman–Crippen LogP) is 3.02. The van der Waals surface area contributed by atoms with Gasteiger partial charge in [0, 0.05) is 41.6 Å². The Hall–Kier alpha value is -2.18. The number of morpholine rings is 1. The van der Waals surface area contributed by atoms with Gasteiger partial charge < -0.3 is 15.0 Å². The number of benzene rings is 1. The zero-order chi connectivity index (χ0) is 18.8. The predicted molar refractivity (Wildman–Crippen MR) is 105 cm³/mol. The number of nitrogens with one attached hydrogen (secondary N) is 1. The van der Waals surface area contributed by atoms with E-state index in [1.165, 1.54) is 0 Å². The van der Waals surface area contributed by atoms with Crippen LogP contribution >= 0.6 is 11.6 Å². The normalized spacial score (nSPS) is 19.5. The van der Waals surface area contributed by atoms with Crippen LogP contribution in [0.2, 0.25) is 5.02 Å². The monoisotopic (exact) mass is 386 g/mol. The van der Waals surface area contributed by atoms with Crippen LogP contribution in [0.4, 0.5) is 11.6 Å². The second-order valence-electron chi connectivity index (χ2n) is 7.13. The van der Waals surface area contributed by atoms with E-state index in [1.807, 2.05) is 25.3 Å². The highest BCUT2D eigenvalue weighted by atomic mass is 35.5. The summed E-state index contributed by atoms with van der Waals surface area (Å²) >= 11 is 6.15. The van der Waals surface area contributed by atoms with Crippen LogP contribution in [-0.2, 0) is 22.4 Å². The van der Waals surface area contributed by atoms with E-state index in [2.05, 4.69) is 15.2 Å². The summed E-state index contributed by atoms with van der Waals surface area (Å²) in [6.07, 6.45) is 4.14. The van der Waals surface area contributed by atoms with Gasteiger partial charge >= 0.3 is 0 Å². The summed E-state index contributed by atoms with van der Waals surface area (Å²) < 4.78 is 5.39. The lowest BCUT2D eigenvalue weighted by atomic mass is 9.86. The highest BCUT2D eigenvalue weighted by Crippen LogP contribution is 2.27. The van der Waals surface area contributed by atoms with Crippen LogP contribution in [0, 0.1) is 12.8 Å². The molecule has 7 heteroatoms. The Morgan fingerprint density at radius 1 is 1.33 bits per heavy atom. The maximum atomic E-state index is 12.7. The summed E-state index contributed by atoms with van der Waals surface area (Å²) in [7, 11) is 0. The second kappa shape index (κ2) is 7.82. The van der Waals surface area contributed by atoms with Gasteiger partial charge in [0.2, 0.25) is 11.9 Å². The van der Waals surface area contributed by atoms with Crippen molar-refractivity contribution in [1.29, 1.82) is 0 Å². The van der Waals surface area contributed by atoms with E-state index < -0.39 is 0 Å². The van der Waals surface area contributed by atoms with Gasteiger partial charge in [-0.05, 0) is 49.4 Å². The Kier molecular flexibility index (Phi) is 5.27. The van der Waals surface area contributed by atoms with E-state index in [1.54, 1.807) is 6.07 Å². The molecule has 142 valence electrons. The van der Waals surface area contributed by atoms with E-state index in [-0.39, 0.29) is 11.8 Å². The van der Waals surface area contributed by atoms with Crippen LogP contribution in [0.5, 0.6) is 0 Å². The first-order chi connectivity index (χ1) is 13.1. The van der Waals surface area contributed by atoms with Crippen LogP contribution in [0.1, 0.15) is 23.2 Å². The minimum absolute atomic E-state index is 0.0258. The van der Waals surface area contributed by atoms with E-state index in [0.717, 1.165) is 54.4 Å². The average Bonchev–Trinajstić information content (AvgIpc) is 2.70. The summed E-state index contributed by atoms with van der Waals surface area (Å²) in [6, 6.07) is 5.59. The first-order valence-electron chi connectivity index (χ1n) is 9.34. The van der Waals surface area contributed by atoms with Gasteiger partial charge in [-0.15, -0.1) is 0 Å². The molecule has 2 aromatic rings. The summed E-state index contributed by atoms with van der Waals surface area (Å²) in [4.78, 5) is 24.1. The van der Waals surface area contributed by atoms with Gasteiger partial charge in [-0.3, -0.25) is 4.79 Å². The molecule has 1 fully saturated rings. The zero-order valence-electron chi connectivity index (χ0n) is 15.4. The molecule has 0 unspecified atom stereocenters. The van der Waals surface area contributed by atoms with Crippen LogP contribution in [0.25, 0.3) is 0 Å². The van der Waals surface area contributed by atoms with E-state index >= 15 is 0 Å². The Balaban J connectivity index is 1.43. The molecule has 2 heterocycles. The van der Waals surface area contributed by atoms with E-state index in [0.29, 0.717) is 24.7 Å². The highest BCUT2D eigenvalue weighted by Gasteiger charge is 2.27. The van der Waals surface area contributed by atoms with Gasteiger partial charge in [-0.2, -0.15) is 0 Å². The number of aromatic nitrogens is 2. The van der Waals surface area contributed by atoms with Crippen molar-refractivity contribution >= 4 is 29.1 Å². The number of ether oxygens (including phenoxy) is 1. The minimum atomic E-state index is -0.0737. The largest absolute Gasteiger partial charge is 0.378 e. The average molecular weight is 387 g/mol. The van der Waals surface area contributed by atoms with Gasteiger partial charge in [-0.25, -0.2) is 9.97 Å². The molecule has 2 aliphatic rings. The standard InChI is InChI=1S/C20H23ClN4O2/c1-13-2-4-16(11-17(13)21)23-19(26)14-3-5-18-15(10-14)12-22-20(24-18)25-6-8-27-9-7-25/h2,4,11-12,14H,3,5-10H2,1H3,(H,23,26)/t14-/m0/s1. The fourth-order valence-electron chi connectivity index (χ4n) is 3.55. The smallest absolute Gasteiger partial charge is 0.227 e. The third kappa shape index (κ3) is 4.06. The lowest BCUT2D eigenvalue weighted by Gasteiger charge is -2.28. The van der Waals surface area contributed by atoms with Crippen LogP contribution < -0.4 is 10.2 Å². The van der Waals surface area contributed by atoms with Gasteiger partial charge in [0.05, 0.1) is 13.2 Å². The van der Waals surface area contributed by atoms with Crippen molar-refractivity contribution in [2.24, 2.45) is 5.92 Å². The third-order valence-electron chi connectivity index (χ3n) is 5.24. The molecule has 1 N–H and O–H groups in total. The molecule has 6 nitrogen and oxygen atoms in total. The lowest BCUT2D eigenvalue weighted by Crippen LogP contribution is -2.38. The lowest BCUT2D eigenvalue weighted by molar-refractivity contribution is -0.120. The molecule has 0 radical (unpaired) electrons. The molecule has 1 aromatic heterocycles. The number of fused-ring (bicyclic) bond motifs is 1. The number of anilines is 2. The topological polar surface area (TPSA) is 67.4 Å². The van der Waals surface area contributed by atoms with Crippen molar-refractivity contribution < 1.29 is 9.53 Å². The molecular weight excluding hydrogens is 364 g/mol. The number of hydrogen-bond acceptors (Lipinski definition) is 5. The number of carbonyl (C=O) groups excluding carboxylic acids is 1. The number of carbonyl (C=O) groups is 1. The summed E-state index contributed by atoms with van der Waals surface area (Å²) in [6.45, 7) is 5.01. The summed E-state index contributed by atoms with van der Waals surface area (Å²) in [5.41, 5.74) is 3.86. The number of hydrogen-bond donors (Lipinski definition) is 1. The Morgan fingerprint density at radius 2 is 2.15 bits per heavy atom. The van der Waals surface area contributed by atoms with Crippen molar-refractivity contribution in [3.63, 3.8) is 0 Å². The number of nitrogens with zero attached hydrogens (tertiary/aromatic N) is 3. The fourth-order valence-corrected chi connectivity index (χ4v) is 3.73. The van der Waals surface area contributed by atoms with Crippen LogP contribution in [0.15, 0.2) is 24.4 Å². The Bertz CT molecular complexity index is 852. The van der Waals surface area contributed by atoms with Gasteiger partial charge in [0.15, 0.2) is 0 Å². The fraction of sp³-hybridized carbons (Fsp3) is 0.450. The van der Waals surface area contributed by atoms with Crippen molar-refractivity contribution in [2.75, 3.05) is 36.5 Å². The zero-order valence-corrected chi connectivity index (χ0v) is 16.1. The molecule has 4 rings (SSSR count). The first kappa shape index (κ1) is 18.2. The molecule has 1 aromatic carbocycles. The number of aryl methyl sites for hydroxylation is 2. The van der Waals surface area contributed by atoms with Crippen LogP contribution in [0.3, 0.4) is 0 Å². The van der Waals surface area contributed by atoms with Gasteiger partial charge in [-0.1, -0.05) is 17.7 Å². The second-order valence-corrected chi connectivity index (χ2v) is 7.54. The molecule has 1 amide bonds. The van der Waals surface area contributed by atoms with Crippen molar-refractivity contribution in [2.45, 2.75) is 26.2 Å². The molecule has 1 aliphatic carbocycles. The Morgan fingerprint density at radius 3 is 2.93 bits per heavy atom. The molecule has 0 saturated carbocycles. The van der Waals surface area contributed by atoms with Gasteiger partial charge in [0.25, 0.3) is 0 Å². The SMILES string of the molecule is Cc1ccc(NC(=O)[C@H]2CCc3nc(N4CCOCC4)ncc3C2)cc1Cl. The number of amides is 1. The van der Waals surface area contributed by atoms with E-state index in [4.69, 9.17) is 21.3 Å².